The quantitative estimate of drug-likeness (QED) is 0.199. The topological polar surface area (TPSA) is 84.8 Å². The molecule has 44 heavy (non-hydrogen) atoms. The van der Waals surface area contributed by atoms with Crippen LogP contribution in [0, 0.1) is 5.92 Å². The molecule has 3 heterocycles. The Labute approximate surface area is 258 Å². The van der Waals surface area contributed by atoms with E-state index < -0.39 is 0 Å². The Kier molecular flexibility index (Phi) is 8.37. The molecule has 224 valence electrons. The van der Waals surface area contributed by atoms with Crippen molar-refractivity contribution in [2.75, 3.05) is 13.2 Å². The van der Waals surface area contributed by atoms with E-state index >= 15 is 0 Å². The Morgan fingerprint density at radius 1 is 0.955 bits per heavy atom. The highest BCUT2D eigenvalue weighted by molar-refractivity contribution is 5.85. The minimum atomic E-state index is -0.316. The molecule has 0 spiro atoms. The van der Waals surface area contributed by atoms with Crippen LogP contribution in [-0.2, 0) is 41.8 Å². The number of carbonyl (C=O) groups is 1. The second-order valence-electron chi connectivity index (χ2n) is 12.0. The van der Waals surface area contributed by atoms with Crippen LogP contribution in [0.3, 0.4) is 0 Å². The number of nitrogens with zero attached hydrogens (tertiary/aromatic N) is 3. The van der Waals surface area contributed by atoms with Crippen molar-refractivity contribution in [2.45, 2.75) is 57.5 Å². The van der Waals surface area contributed by atoms with Crippen LogP contribution >= 0.6 is 0 Å². The van der Waals surface area contributed by atoms with E-state index in [-0.39, 0.29) is 17.9 Å². The van der Waals surface area contributed by atoms with E-state index in [2.05, 4.69) is 99.9 Å². The Balaban J connectivity index is 1.27. The number of carbonyl (C=O) groups excluding carboxylic acids is 1. The molecule has 0 radical (unpaired) electrons. The van der Waals surface area contributed by atoms with E-state index in [0.29, 0.717) is 26.2 Å². The first-order valence-electron chi connectivity index (χ1n) is 15.9. The highest BCUT2D eigenvalue weighted by Crippen LogP contribution is 2.29. The zero-order valence-corrected chi connectivity index (χ0v) is 25.0. The minimum absolute atomic E-state index is 0.0543. The van der Waals surface area contributed by atoms with Crippen LogP contribution in [0.1, 0.15) is 64.9 Å². The van der Waals surface area contributed by atoms with Crippen molar-refractivity contribution < 1.29 is 9.53 Å². The van der Waals surface area contributed by atoms with Gasteiger partial charge < -0.3 is 19.6 Å². The highest BCUT2D eigenvalue weighted by Gasteiger charge is 2.29. The van der Waals surface area contributed by atoms with Crippen molar-refractivity contribution in [3.8, 4) is 0 Å². The van der Waals surface area contributed by atoms with Crippen molar-refractivity contribution in [1.29, 1.82) is 0 Å². The first-order chi connectivity index (χ1) is 21.7. The molecule has 2 aromatic heterocycles. The molecule has 5 aromatic rings. The molecule has 3 aromatic carbocycles. The summed E-state index contributed by atoms with van der Waals surface area (Å²) in [5, 5.41) is 15.5. The van der Waals surface area contributed by atoms with Crippen LogP contribution in [-0.4, -0.2) is 38.9 Å². The largest absolute Gasteiger partial charge is 0.381 e. The maximum absolute atomic E-state index is 13.7. The maximum atomic E-state index is 13.7. The molecule has 1 aliphatic carbocycles. The minimum Gasteiger partial charge on any atom is -0.381 e. The van der Waals surface area contributed by atoms with Crippen LogP contribution in [0.5, 0.6) is 0 Å². The summed E-state index contributed by atoms with van der Waals surface area (Å²) in [5.41, 5.74) is 6.21. The number of hydrogen-bond donors (Lipinski definition) is 2. The summed E-state index contributed by atoms with van der Waals surface area (Å²) in [6.07, 6.45) is 12.3. The summed E-state index contributed by atoms with van der Waals surface area (Å²) in [4.78, 5) is 17.2. The number of aromatic nitrogens is 4. The molecule has 0 unspecified atom stereocenters. The Hall–Kier alpha value is -4.49. The Morgan fingerprint density at radius 2 is 1.77 bits per heavy atom. The van der Waals surface area contributed by atoms with E-state index in [1.807, 2.05) is 6.07 Å². The second-order valence-corrected chi connectivity index (χ2v) is 12.0. The fourth-order valence-corrected chi connectivity index (χ4v) is 6.71. The number of H-pyrrole nitrogens is 1. The van der Waals surface area contributed by atoms with Crippen molar-refractivity contribution in [2.24, 2.45) is 5.92 Å². The smallest absolute Gasteiger partial charge is 0.223 e. The van der Waals surface area contributed by atoms with Gasteiger partial charge in [-0.1, -0.05) is 78.9 Å². The third kappa shape index (κ3) is 6.10. The van der Waals surface area contributed by atoms with Crippen LogP contribution < -0.4 is 5.32 Å². The molecule has 1 amide bonds. The van der Waals surface area contributed by atoms with Gasteiger partial charge >= 0.3 is 0 Å². The van der Waals surface area contributed by atoms with Gasteiger partial charge in [-0.2, -0.15) is 0 Å². The number of amides is 1. The van der Waals surface area contributed by atoms with Gasteiger partial charge in [-0.05, 0) is 71.2 Å². The first-order valence-corrected chi connectivity index (χ1v) is 15.9. The highest BCUT2D eigenvalue weighted by atomic mass is 16.5. The number of allylic oxidation sites excluding steroid dienone is 1. The lowest BCUT2D eigenvalue weighted by Gasteiger charge is -2.26. The van der Waals surface area contributed by atoms with Gasteiger partial charge in [0.05, 0.1) is 12.6 Å². The summed E-state index contributed by atoms with van der Waals surface area (Å²) in [5.74, 6) is 1.76. The average molecular weight is 586 g/mol. The SMILES string of the molecule is O=C(N[C@H](Cc1c[nH]c2c1CCC=C2)c1nnc(CCc2ccccc2)n1Cc1cccc2ccccc12)C1CCOCC1. The van der Waals surface area contributed by atoms with Crippen LogP contribution in [0.15, 0.2) is 85.1 Å². The van der Waals surface area contributed by atoms with Crippen molar-refractivity contribution in [3.05, 3.63) is 125 Å². The van der Waals surface area contributed by atoms with Gasteiger partial charge in [0.25, 0.3) is 0 Å². The summed E-state index contributed by atoms with van der Waals surface area (Å²) < 4.78 is 7.82. The molecule has 1 atom stereocenters. The van der Waals surface area contributed by atoms with E-state index in [1.54, 1.807) is 0 Å². The third-order valence-corrected chi connectivity index (χ3v) is 9.15. The number of fused-ring (bicyclic) bond motifs is 2. The Morgan fingerprint density at radius 3 is 2.66 bits per heavy atom. The van der Waals surface area contributed by atoms with Gasteiger partial charge in [-0.3, -0.25) is 4.79 Å². The fraction of sp³-hybridized carbons (Fsp3) is 0.324. The molecule has 1 saturated heterocycles. The third-order valence-electron chi connectivity index (χ3n) is 9.15. The Bertz CT molecular complexity index is 1760. The molecule has 1 fully saturated rings. The van der Waals surface area contributed by atoms with E-state index in [4.69, 9.17) is 14.9 Å². The van der Waals surface area contributed by atoms with Crippen molar-refractivity contribution in [1.82, 2.24) is 25.1 Å². The number of rotatable bonds is 10. The zero-order valence-electron chi connectivity index (χ0n) is 25.0. The van der Waals surface area contributed by atoms with E-state index in [9.17, 15) is 4.79 Å². The lowest BCUT2D eigenvalue weighted by molar-refractivity contribution is -0.128. The summed E-state index contributed by atoms with van der Waals surface area (Å²) in [6, 6.07) is 25.2. The zero-order chi connectivity index (χ0) is 29.7. The van der Waals surface area contributed by atoms with Gasteiger partial charge in [-0.15, -0.1) is 10.2 Å². The lowest BCUT2D eigenvalue weighted by Crippen LogP contribution is -2.38. The van der Waals surface area contributed by atoms with Crippen LogP contribution in [0.25, 0.3) is 16.8 Å². The van der Waals surface area contributed by atoms with Crippen molar-refractivity contribution >= 4 is 22.8 Å². The fourth-order valence-electron chi connectivity index (χ4n) is 6.71. The monoisotopic (exact) mass is 585 g/mol. The molecule has 0 bridgehead atoms. The van der Waals surface area contributed by atoms with Crippen LogP contribution in [0.4, 0.5) is 0 Å². The molecule has 7 heteroatoms. The number of aryl methyl sites for hydroxylation is 2. The predicted octanol–water partition coefficient (Wildman–Crippen LogP) is 6.38. The standard InChI is InChI=1S/C37H39N5O2/c43-37(28-19-21-44-22-20-28)39-34(23-30-24-38-33-16-7-6-15-32(30)33)36-41-40-35(18-17-26-9-2-1-3-10-26)42(36)25-29-13-8-12-27-11-4-5-14-31(27)29/h1-5,7-14,16,24,28,34,38H,6,15,17-23,25H2,(H,39,43)/t34-/m1/s1. The van der Waals surface area contributed by atoms with Gasteiger partial charge in [-0.25, -0.2) is 0 Å². The summed E-state index contributed by atoms with van der Waals surface area (Å²) in [7, 11) is 0. The van der Waals surface area contributed by atoms with Gasteiger partial charge in [0.2, 0.25) is 5.91 Å². The van der Waals surface area contributed by atoms with E-state index in [0.717, 1.165) is 50.2 Å². The van der Waals surface area contributed by atoms with Gasteiger partial charge in [0.15, 0.2) is 5.82 Å². The van der Waals surface area contributed by atoms with E-state index in [1.165, 1.54) is 38.7 Å². The number of benzene rings is 3. The molecule has 2 N–H and O–H groups in total. The van der Waals surface area contributed by atoms with Gasteiger partial charge in [0, 0.05) is 43.9 Å². The summed E-state index contributed by atoms with van der Waals surface area (Å²) >= 11 is 0. The molecule has 7 nitrogen and oxygen atoms in total. The van der Waals surface area contributed by atoms with Crippen LogP contribution in [0.2, 0.25) is 0 Å². The molecular weight excluding hydrogens is 546 g/mol. The maximum Gasteiger partial charge on any atom is 0.223 e. The number of nitrogens with one attached hydrogen (secondary N) is 2. The lowest BCUT2D eigenvalue weighted by atomic mass is 9.95. The number of ether oxygens (including phenoxy) is 1. The average Bonchev–Trinajstić information content (AvgIpc) is 3.68. The summed E-state index contributed by atoms with van der Waals surface area (Å²) in [6.45, 7) is 1.88. The molecule has 0 saturated carbocycles. The molecular formula is C37H39N5O2. The first kappa shape index (κ1) is 28.3. The normalized spacial score (nSPS) is 15.7. The predicted molar refractivity (Wildman–Crippen MR) is 173 cm³/mol. The molecule has 1 aliphatic heterocycles. The van der Waals surface area contributed by atoms with Gasteiger partial charge in [0.1, 0.15) is 5.82 Å². The second kappa shape index (κ2) is 13.0. The van der Waals surface area contributed by atoms with Crippen molar-refractivity contribution in [3.63, 3.8) is 0 Å². The number of aromatic amines is 1. The molecule has 7 rings (SSSR count). The molecule has 2 aliphatic rings. The number of hydrogen-bond acceptors (Lipinski definition) is 4.